The summed E-state index contributed by atoms with van der Waals surface area (Å²) in [5.41, 5.74) is 7.97. The highest BCUT2D eigenvalue weighted by molar-refractivity contribution is 7.89. The van der Waals surface area contributed by atoms with Gasteiger partial charge in [0.05, 0.1) is 4.90 Å². The fraction of sp³-hybridized carbons (Fsp3) is 0.167. The number of sulfonamides is 1. The monoisotopic (exact) mass is 466 g/mol. The van der Waals surface area contributed by atoms with E-state index in [2.05, 4.69) is 10.6 Å². The highest BCUT2D eigenvalue weighted by Gasteiger charge is 2.23. The Balaban J connectivity index is 1.78. The molecule has 3 aromatic rings. The Hall–Kier alpha value is -3.69. The molecule has 0 aromatic heterocycles. The van der Waals surface area contributed by atoms with Gasteiger partial charge < -0.3 is 16.4 Å². The number of hydrogen-bond acceptors (Lipinski definition) is 5. The van der Waals surface area contributed by atoms with Crippen molar-refractivity contribution in [1.82, 2.24) is 0 Å². The lowest BCUT2D eigenvalue weighted by Crippen LogP contribution is -2.38. The molecule has 172 valence electrons. The Morgan fingerprint density at radius 2 is 1.55 bits per heavy atom. The first-order valence-corrected chi connectivity index (χ1v) is 11.8. The van der Waals surface area contributed by atoms with Gasteiger partial charge >= 0.3 is 0 Å². The minimum atomic E-state index is -3.88. The van der Waals surface area contributed by atoms with E-state index in [1.807, 2.05) is 13.8 Å². The van der Waals surface area contributed by atoms with Crippen LogP contribution in [0.1, 0.15) is 24.2 Å². The molecule has 1 atom stereocenters. The van der Waals surface area contributed by atoms with Crippen molar-refractivity contribution in [2.75, 3.05) is 10.6 Å². The average Bonchev–Trinajstić information content (AvgIpc) is 2.77. The Labute approximate surface area is 193 Å². The van der Waals surface area contributed by atoms with E-state index in [1.54, 1.807) is 66.7 Å². The maximum Gasteiger partial charge on any atom is 0.248 e. The third kappa shape index (κ3) is 5.97. The highest BCUT2D eigenvalue weighted by atomic mass is 32.2. The standard InChI is InChI=1S/C24H26N4O4S/c1-15(2)22(27-19-7-5-6-17(14-19)23(25)29)24(30)28-18-12-10-16(11-13-18)20-8-3-4-9-21(20)33(26,31)32/h3-15,22,27H,1-2H3,(H2,25,29)(H,28,30)(H2,26,31,32). The lowest BCUT2D eigenvalue weighted by molar-refractivity contribution is -0.117. The minimum absolute atomic E-state index is 0.0315. The van der Waals surface area contributed by atoms with Crippen LogP contribution in [0.2, 0.25) is 0 Å². The van der Waals surface area contributed by atoms with Gasteiger partial charge in [0.2, 0.25) is 21.8 Å². The largest absolute Gasteiger partial charge is 0.373 e. The quantitative estimate of drug-likeness (QED) is 0.403. The van der Waals surface area contributed by atoms with Crippen molar-refractivity contribution in [3.8, 4) is 11.1 Å². The molecule has 8 nitrogen and oxygen atoms in total. The zero-order valence-electron chi connectivity index (χ0n) is 18.3. The van der Waals surface area contributed by atoms with Gasteiger partial charge in [0.15, 0.2) is 0 Å². The molecule has 0 saturated carbocycles. The summed E-state index contributed by atoms with van der Waals surface area (Å²) in [6.07, 6.45) is 0. The molecule has 0 heterocycles. The van der Waals surface area contributed by atoms with Gasteiger partial charge in [-0.1, -0.05) is 50.2 Å². The van der Waals surface area contributed by atoms with Crippen LogP contribution >= 0.6 is 0 Å². The van der Waals surface area contributed by atoms with E-state index in [0.717, 1.165) is 0 Å². The number of primary sulfonamides is 1. The second-order valence-corrected chi connectivity index (χ2v) is 9.45. The molecule has 33 heavy (non-hydrogen) atoms. The van der Waals surface area contributed by atoms with Gasteiger partial charge in [-0.25, -0.2) is 13.6 Å². The first kappa shape index (κ1) is 24.0. The van der Waals surface area contributed by atoms with Gasteiger partial charge in [0.1, 0.15) is 6.04 Å². The van der Waals surface area contributed by atoms with E-state index >= 15 is 0 Å². The number of primary amides is 1. The predicted octanol–water partition coefficient (Wildman–Crippen LogP) is 3.18. The number of rotatable bonds is 8. The van der Waals surface area contributed by atoms with E-state index in [1.165, 1.54) is 6.07 Å². The Kier molecular flexibility index (Phi) is 7.15. The van der Waals surface area contributed by atoms with Crippen LogP contribution in [0.25, 0.3) is 11.1 Å². The number of nitrogens with one attached hydrogen (secondary N) is 2. The predicted molar refractivity (Wildman–Crippen MR) is 129 cm³/mol. The smallest absolute Gasteiger partial charge is 0.248 e. The van der Waals surface area contributed by atoms with Crippen LogP contribution in [0.15, 0.2) is 77.7 Å². The topological polar surface area (TPSA) is 144 Å². The van der Waals surface area contributed by atoms with E-state index in [0.29, 0.717) is 28.1 Å². The summed E-state index contributed by atoms with van der Waals surface area (Å²) < 4.78 is 23.7. The third-order valence-corrected chi connectivity index (χ3v) is 6.04. The van der Waals surface area contributed by atoms with Crippen LogP contribution in [0.5, 0.6) is 0 Å². The Morgan fingerprint density at radius 1 is 0.879 bits per heavy atom. The van der Waals surface area contributed by atoms with Crippen LogP contribution in [0.3, 0.4) is 0 Å². The molecule has 0 fully saturated rings. The van der Waals surface area contributed by atoms with Gasteiger partial charge in [-0.15, -0.1) is 0 Å². The second-order valence-electron chi connectivity index (χ2n) is 7.92. The number of carbonyl (C=O) groups excluding carboxylic acids is 2. The van der Waals surface area contributed by atoms with Gasteiger partial charge in [0, 0.05) is 22.5 Å². The normalized spacial score (nSPS) is 12.2. The van der Waals surface area contributed by atoms with Crippen molar-refractivity contribution in [2.45, 2.75) is 24.8 Å². The summed E-state index contributed by atoms with van der Waals surface area (Å²) in [7, 11) is -3.88. The molecular formula is C24H26N4O4S. The van der Waals surface area contributed by atoms with Crippen molar-refractivity contribution < 1.29 is 18.0 Å². The Morgan fingerprint density at radius 3 is 2.15 bits per heavy atom. The summed E-state index contributed by atoms with van der Waals surface area (Å²) >= 11 is 0. The summed E-state index contributed by atoms with van der Waals surface area (Å²) in [6.45, 7) is 3.81. The summed E-state index contributed by atoms with van der Waals surface area (Å²) in [4.78, 5) is 24.4. The van der Waals surface area contributed by atoms with Crippen LogP contribution in [0.4, 0.5) is 11.4 Å². The molecule has 0 saturated heterocycles. The molecule has 0 spiro atoms. The maximum absolute atomic E-state index is 13.0. The number of amides is 2. The van der Waals surface area contributed by atoms with Gasteiger partial charge in [-0.05, 0) is 47.9 Å². The molecule has 6 N–H and O–H groups in total. The molecule has 0 aliphatic rings. The van der Waals surface area contributed by atoms with Crippen molar-refractivity contribution in [1.29, 1.82) is 0 Å². The molecule has 0 radical (unpaired) electrons. The van der Waals surface area contributed by atoms with E-state index in [9.17, 15) is 18.0 Å². The number of hydrogen-bond donors (Lipinski definition) is 4. The van der Waals surface area contributed by atoms with Crippen molar-refractivity contribution in [3.63, 3.8) is 0 Å². The molecule has 3 rings (SSSR count). The fourth-order valence-electron chi connectivity index (χ4n) is 3.38. The fourth-order valence-corrected chi connectivity index (χ4v) is 4.14. The lowest BCUT2D eigenvalue weighted by atomic mass is 10.0. The summed E-state index contributed by atoms with van der Waals surface area (Å²) in [5.74, 6) is -0.858. The van der Waals surface area contributed by atoms with Gasteiger partial charge in [0.25, 0.3) is 0 Å². The molecule has 0 bridgehead atoms. The molecule has 0 aliphatic heterocycles. The maximum atomic E-state index is 13.0. The highest BCUT2D eigenvalue weighted by Crippen LogP contribution is 2.27. The third-order valence-electron chi connectivity index (χ3n) is 5.08. The van der Waals surface area contributed by atoms with E-state index in [4.69, 9.17) is 10.9 Å². The van der Waals surface area contributed by atoms with Crippen LogP contribution in [0, 0.1) is 5.92 Å². The lowest BCUT2D eigenvalue weighted by Gasteiger charge is -2.23. The number of nitrogens with two attached hydrogens (primary N) is 2. The first-order chi connectivity index (χ1) is 15.6. The number of anilines is 2. The minimum Gasteiger partial charge on any atom is -0.373 e. The van der Waals surface area contributed by atoms with Crippen molar-refractivity contribution in [3.05, 3.63) is 78.4 Å². The zero-order chi connectivity index (χ0) is 24.2. The first-order valence-electron chi connectivity index (χ1n) is 10.3. The molecule has 0 aliphatic carbocycles. The zero-order valence-corrected chi connectivity index (χ0v) is 19.1. The molecule has 1 unspecified atom stereocenters. The van der Waals surface area contributed by atoms with Gasteiger partial charge in [-0.2, -0.15) is 0 Å². The van der Waals surface area contributed by atoms with Crippen molar-refractivity contribution in [2.24, 2.45) is 16.8 Å². The van der Waals surface area contributed by atoms with Crippen LogP contribution in [-0.2, 0) is 14.8 Å². The van der Waals surface area contributed by atoms with Crippen LogP contribution < -0.4 is 21.5 Å². The summed E-state index contributed by atoms with van der Waals surface area (Å²) in [6, 6.07) is 19.4. The SMILES string of the molecule is CC(C)C(Nc1cccc(C(N)=O)c1)C(=O)Nc1ccc(-c2ccccc2S(N)(=O)=O)cc1. The Bertz CT molecular complexity index is 1270. The van der Waals surface area contributed by atoms with Crippen LogP contribution in [-0.4, -0.2) is 26.3 Å². The molecular weight excluding hydrogens is 440 g/mol. The molecule has 2 amide bonds. The number of carbonyl (C=O) groups is 2. The van der Waals surface area contributed by atoms with E-state index in [-0.39, 0.29) is 16.7 Å². The molecule has 3 aromatic carbocycles. The summed E-state index contributed by atoms with van der Waals surface area (Å²) in [5, 5.41) is 11.3. The van der Waals surface area contributed by atoms with E-state index < -0.39 is 22.0 Å². The second kappa shape index (κ2) is 9.85. The van der Waals surface area contributed by atoms with Gasteiger partial charge in [-0.3, -0.25) is 9.59 Å². The number of benzene rings is 3. The van der Waals surface area contributed by atoms with Crippen molar-refractivity contribution >= 4 is 33.2 Å². The average molecular weight is 467 g/mol. The molecule has 9 heteroatoms.